The lowest BCUT2D eigenvalue weighted by atomic mass is 9.98. The van der Waals surface area contributed by atoms with Crippen molar-refractivity contribution < 1.29 is 0 Å². The number of benzene rings is 11. The maximum absolute atomic E-state index is 5.61. The summed E-state index contributed by atoms with van der Waals surface area (Å²) in [7, 11) is 0. The number of para-hydroxylation sites is 6. The molecule has 0 radical (unpaired) electrons. The zero-order valence-electron chi connectivity index (χ0n) is 41.1. The third-order valence-electron chi connectivity index (χ3n) is 15.5. The molecule has 16 rings (SSSR count). The molecule has 5 aromatic heterocycles. The van der Waals surface area contributed by atoms with E-state index in [1.165, 1.54) is 43.4 Å². The van der Waals surface area contributed by atoms with Gasteiger partial charge in [-0.1, -0.05) is 176 Å². The molecule has 0 aliphatic carbocycles. The Hall–Kier alpha value is -10.3. The second kappa shape index (κ2) is 16.6. The molecule has 5 heterocycles. The molecule has 0 spiro atoms. The summed E-state index contributed by atoms with van der Waals surface area (Å²) >= 11 is 0. The molecule has 0 bridgehead atoms. The second-order valence-corrected chi connectivity index (χ2v) is 19.7. The summed E-state index contributed by atoms with van der Waals surface area (Å²) in [6.07, 6.45) is 0. The minimum absolute atomic E-state index is 0.672. The Bertz CT molecular complexity index is 4890. The minimum Gasteiger partial charge on any atom is -0.309 e. The number of hydrogen-bond donors (Lipinski definition) is 0. The van der Waals surface area contributed by atoms with Gasteiger partial charge in [0.1, 0.15) is 0 Å². The molecule has 0 aliphatic heterocycles. The molecule has 354 valence electrons. The maximum atomic E-state index is 5.61. The van der Waals surface area contributed by atoms with E-state index in [-0.39, 0.29) is 0 Å². The molecule has 16 aromatic rings. The molecule has 11 aromatic carbocycles. The number of rotatable bonds is 7. The highest BCUT2D eigenvalue weighted by Crippen LogP contribution is 2.49. The van der Waals surface area contributed by atoms with Crippen LogP contribution in [0.2, 0.25) is 0 Å². The maximum Gasteiger partial charge on any atom is 0.160 e. The van der Waals surface area contributed by atoms with Crippen LogP contribution in [0, 0.1) is 0 Å². The van der Waals surface area contributed by atoms with Crippen LogP contribution in [0.5, 0.6) is 0 Å². The van der Waals surface area contributed by atoms with Crippen LogP contribution >= 0.6 is 0 Å². The van der Waals surface area contributed by atoms with Gasteiger partial charge < -0.3 is 18.3 Å². The number of nitrogens with zero attached hydrogens (tertiary/aromatic N) is 6. The molecule has 76 heavy (non-hydrogen) atoms. The van der Waals surface area contributed by atoms with Gasteiger partial charge in [-0.25, -0.2) is 9.97 Å². The molecule has 0 unspecified atom stereocenters. The van der Waals surface area contributed by atoms with Gasteiger partial charge in [0.25, 0.3) is 0 Å². The van der Waals surface area contributed by atoms with E-state index in [0.29, 0.717) is 5.82 Å². The monoisotopic (exact) mass is 968 g/mol. The summed E-state index contributed by atoms with van der Waals surface area (Å²) in [5.74, 6) is 0.672. The molecule has 6 heteroatoms. The summed E-state index contributed by atoms with van der Waals surface area (Å²) in [4.78, 5) is 10.9. The first kappa shape index (κ1) is 42.2. The van der Waals surface area contributed by atoms with E-state index in [0.717, 1.165) is 94.7 Å². The fourth-order valence-corrected chi connectivity index (χ4v) is 12.4. The van der Waals surface area contributed by atoms with Crippen molar-refractivity contribution in [2.45, 2.75) is 0 Å². The molecular weight excluding hydrogens is 925 g/mol. The van der Waals surface area contributed by atoms with Crippen molar-refractivity contribution in [3.8, 4) is 56.7 Å². The van der Waals surface area contributed by atoms with Gasteiger partial charge in [0.15, 0.2) is 5.82 Å². The van der Waals surface area contributed by atoms with Crippen LogP contribution < -0.4 is 0 Å². The third-order valence-corrected chi connectivity index (χ3v) is 15.5. The minimum atomic E-state index is 0.672. The van der Waals surface area contributed by atoms with Crippen molar-refractivity contribution in [3.05, 3.63) is 267 Å². The van der Waals surface area contributed by atoms with Gasteiger partial charge in [-0.2, -0.15) is 0 Å². The number of hydrogen-bond acceptors (Lipinski definition) is 2. The third kappa shape index (κ3) is 6.22. The van der Waals surface area contributed by atoms with Crippen molar-refractivity contribution in [3.63, 3.8) is 0 Å². The van der Waals surface area contributed by atoms with E-state index in [1.54, 1.807) is 0 Å². The van der Waals surface area contributed by atoms with Crippen LogP contribution in [0.25, 0.3) is 144 Å². The first-order valence-corrected chi connectivity index (χ1v) is 25.9. The van der Waals surface area contributed by atoms with Crippen molar-refractivity contribution in [1.82, 2.24) is 28.2 Å². The smallest absolute Gasteiger partial charge is 0.160 e. The average molecular weight is 969 g/mol. The predicted octanol–water partition coefficient (Wildman–Crippen LogP) is 17.9. The van der Waals surface area contributed by atoms with Crippen molar-refractivity contribution in [2.24, 2.45) is 0 Å². The first-order valence-electron chi connectivity index (χ1n) is 25.9. The zero-order chi connectivity index (χ0) is 49.8. The lowest BCUT2D eigenvalue weighted by molar-refractivity contribution is 1.16. The Morgan fingerprint density at radius 3 is 1.30 bits per heavy atom. The quantitative estimate of drug-likeness (QED) is 0.160. The van der Waals surface area contributed by atoms with Crippen molar-refractivity contribution in [1.29, 1.82) is 0 Å². The fraction of sp³-hybridized carbons (Fsp3) is 0. The van der Waals surface area contributed by atoms with Crippen molar-refractivity contribution in [2.75, 3.05) is 0 Å². The Labute approximate surface area is 436 Å². The van der Waals surface area contributed by atoms with Gasteiger partial charge in [-0.05, 0) is 91.0 Å². The van der Waals surface area contributed by atoms with E-state index in [4.69, 9.17) is 9.97 Å². The van der Waals surface area contributed by atoms with Gasteiger partial charge in [0, 0.05) is 82.5 Å². The highest BCUT2D eigenvalue weighted by molar-refractivity contribution is 6.31. The summed E-state index contributed by atoms with van der Waals surface area (Å²) < 4.78 is 9.86. The summed E-state index contributed by atoms with van der Waals surface area (Å²) in [5, 5.41) is 9.45. The number of aromatic nitrogens is 6. The van der Waals surface area contributed by atoms with E-state index >= 15 is 0 Å². The van der Waals surface area contributed by atoms with E-state index in [2.05, 4.69) is 279 Å². The summed E-state index contributed by atoms with van der Waals surface area (Å²) in [6.45, 7) is 0. The lowest BCUT2D eigenvalue weighted by Crippen LogP contribution is -1.98. The molecule has 0 aliphatic rings. The molecule has 0 amide bonds. The molecule has 6 nitrogen and oxygen atoms in total. The molecule has 0 atom stereocenters. The molecular formula is C70H44N6. The second-order valence-electron chi connectivity index (χ2n) is 19.7. The first-order chi connectivity index (χ1) is 37.7. The van der Waals surface area contributed by atoms with Gasteiger partial charge in [0.05, 0.1) is 55.5 Å². The number of fused-ring (bicyclic) bond motifs is 14. The largest absolute Gasteiger partial charge is 0.309 e. The molecule has 0 fully saturated rings. The highest BCUT2D eigenvalue weighted by Gasteiger charge is 2.27. The van der Waals surface area contributed by atoms with Crippen LogP contribution in [-0.4, -0.2) is 28.2 Å². The van der Waals surface area contributed by atoms with Gasteiger partial charge >= 0.3 is 0 Å². The van der Waals surface area contributed by atoms with E-state index < -0.39 is 0 Å². The van der Waals surface area contributed by atoms with E-state index in [9.17, 15) is 0 Å². The van der Waals surface area contributed by atoms with Crippen LogP contribution in [0.3, 0.4) is 0 Å². The molecule has 0 saturated heterocycles. The molecule has 0 saturated carbocycles. The van der Waals surface area contributed by atoms with Crippen molar-refractivity contribution >= 4 is 87.2 Å². The summed E-state index contributed by atoms with van der Waals surface area (Å²) in [6, 6.07) is 96.2. The SMILES string of the molecule is c1ccc(-c2cc(-c3cc4c(c5ccccc5n4-c4ccccc4)c4c3c3cc(-n5c6ccccc6c6ccc7c(c8ccccc8n7-c7ccccc7)c65)ccc3n4-c3ccccc3)nc(-c3ccccc3)n2)cc1. The van der Waals surface area contributed by atoms with E-state index in [1.807, 2.05) is 6.07 Å². The zero-order valence-corrected chi connectivity index (χ0v) is 41.1. The van der Waals surface area contributed by atoms with Crippen LogP contribution in [0.1, 0.15) is 0 Å². The fourth-order valence-electron chi connectivity index (χ4n) is 12.4. The van der Waals surface area contributed by atoms with Crippen LogP contribution in [0.15, 0.2) is 267 Å². The predicted molar refractivity (Wildman–Crippen MR) is 316 cm³/mol. The Balaban J connectivity index is 1.10. The van der Waals surface area contributed by atoms with Gasteiger partial charge in [0.2, 0.25) is 0 Å². The van der Waals surface area contributed by atoms with Crippen LogP contribution in [-0.2, 0) is 0 Å². The van der Waals surface area contributed by atoms with Gasteiger partial charge in [-0.3, -0.25) is 0 Å². The highest BCUT2D eigenvalue weighted by atomic mass is 15.0. The average Bonchev–Trinajstić information content (AvgIpc) is 4.43. The topological polar surface area (TPSA) is 45.5 Å². The Kier molecular flexibility index (Phi) is 9.23. The lowest BCUT2D eigenvalue weighted by Gasteiger charge is -2.14. The Morgan fingerprint density at radius 2 is 0.684 bits per heavy atom. The van der Waals surface area contributed by atoms with Crippen LogP contribution in [0.4, 0.5) is 0 Å². The standard InChI is InChI=1S/C70H44N6/c1-6-22-45(23-7-1)57-44-58(72-70(71-57)46-24-8-2-9-25-46)55-43-64-67(54-34-18-21-37-61(54)74(64)48-28-12-4-13-29-48)69-65(55)56-42-50(38-40-62(56)75(69)49-30-14-5-15-31-49)76-59-35-19-16-32-51(59)52-39-41-63-66(68(52)76)53-33-17-20-36-60(53)73(63)47-26-10-3-11-27-47/h1-44H. The Morgan fingerprint density at radius 1 is 0.237 bits per heavy atom. The normalized spacial score (nSPS) is 11.9. The van der Waals surface area contributed by atoms with Gasteiger partial charge in [-0.15, -0.1) is 0 Å². The molecule has 0 N–H and O–H groups in total. The summed E-state index contributed by atoms with van der Waals surface area (Å²) in [5.41, 5.74) is 18.2.